The predicted molar refractivity (Wildman–Crippen MR) is 112 cm³/mol. The van der Waals surface area contributed by atoms with Gasteiger partial charge in [-0.05, 0) is 44.3 Å². The Labute approximate surface area is 167 Å². The van der Waals surface area contributed by atoms with Crippen molar-refractivity contribution in [2.24, 2.45) is 0 Å². The van der Waals surface area contributed by atoms with E-state index in [1.165, 1.54) is 0 Å². The number of benzene rings is 2. The Balaban J connectivity index is 2.11. The van der Waals surface area contributed by atoms with Crippen LogP contribution in [0, 0.1) is 0 Å². The van der Waals surface area contributed by atoms with Crippen LogP contribution >= 0.6 is 0 Å². The summed E-state index contributed by atoms with van der Waals surface area (Å²) in [5.41, 5.74) is 1.12. The Kier molecular flexibility index (Phi) is 8.62. The van der Waals surface area contributed by atoms with Crippen LogP contribution < -0.4 is 19.5 Å². The maximum atomic E-state index is 12.7. The highest BCUT2D eigenvalue weighted by Gasteiger charge is 2.14. The summed E-state index contributed by atoms with van der Waals surface area (Å²) < 4.78 is 16.8. The van der Waals surface area contributed by atoms with E-state index in [1.807, 2.05) is 19.1 Å². The molecule has 0 atom stereocenters. The predicted octanol–water partition coefficient (Wildman–Crippen LogP) is 4.07. The minimum absolute atomic E-state index is 0.233. The number of methoxy groups -OCH3 is 1. The normalized spacial score (nSPS) is 10.6. The second-order valence-electron chi connectivity index (χ2n) is 6.12. The van der Waals surface area contributed by atoms with Crippen molar-refractivity contribution in [1.29, 1.82) is 0 Å². The summed E-state index contributed by atoms with van der Waals surface area (Å²) in [7, 11) is 1.60. The number of nitrogens with zero attached hydrogens (tertiary/aromatic N) is 1. The van der Waals surface area contributed by atoms with E-state index in [2.05, 4.69) is 24.1 Å². The molecule has 152 valence electrons. The van der Waals surface area contributed by atoms with Crippen LogP contribution in [0.15, 0.2) is 42.5 Å². The molecule has 1 N–H and O–H groups in total. The third-order valence-corrected chi connectivity index (χ3v) is 4.41. The maximum Gasteiger partial charge on any atom is 0.259 e. The number of hydrogen-bond donors (Lipinski definition) is 1. The van der Waals surface area contributed by atoms with Crippen LogP contribution in [0.25, 0.3) is 0 Å². The lowest BCUT2D eigenvalue weighted by atomic mass is 10.1. The summed E-state index contributed by atoms with van der Waals surface area (Å²) in [4.78, 5) is 15.0. The van der Waals surface area contributed by atoms with Gasteiger partial charge in [0.25, 0.3) is 5.91 Å². The molecule has 0 aliphatic rings. The molecule has 0 aliphatic carbocycles. The largest absolute Gasteiger partial charge is 0.493 e. The summed E-state index contributed by atoms with van der Waals surface area (Å²) in [5.74, 6) is 1.56. The van der Waals surface area contributed by atoms with Crippen LogP contribution in [-0.4, -0.2) is 50.8 Å². The van der Waals surface area contributed by atoms with E-state index in [9.17, 15) is 4.79 Å². The van der Waals surface area contributed by atoms with Crippen LogP contribution in [0.4, 0.5) is 5.69 Å². The topological polar surface area (TPSA) is 60.0 Å². The second kappa shape index (κ2) is 11.2. The Bertz CT molecular complexity index is 760. The van der Waals surface area contributed by atoms with Crippen molar-refractivity contribution in [3.63, 3.8) is 0 Å². The molecule has 2 rings (SSSR count). The van der Waals surface area contributed by atoms with Crippen molar-refractivity contribution in [2.45, 2.75) is 20.8 Å². The summed E-state index contributed by atoms with van der Waals surface area (Å²) in [6.45, 7) is 9.97. The van der Waals surface area contributed by atoms with Crippen LogP contribution in [0.5, 0.6) is 17.2 Å². The summed E-state index contributed by atoms with van der Waals surface area (Å²) in [6.07, 6.45) is 0. The first kappa shape index (κ1) is 21.6. The van der Waals surface area contributed by atoms with E-state index in [0.717, 1.165) is 19.6 Å². The minimum Gasteiger partial charge on any atom is -0.493 e. The Morgan fingerprint density at radius 1 is 0.964 bits per heavy atom. The zero-order valence-electron chi connectivity index (χ0n) is 17.2. The van der Waals surface area contributed by atoms with Gasteiger partial charge in [0.05, 0.1) is 19.3 Å². The molecule has 0 heterocycles. The SMILES string of the molecule is CCOc1ccccc1C(=O)Nc1ccc(OC)c(OCCN(CC)CC)c1. The molecule has 0 aliphatic heterocycles. The summed E-state index contributed by atoms with van der Waals surface area (Å²) in [5, 5.41) is 2.91. The molecule has 0 saturated heterocycles. The van der Waals surface area contributed by atoms with E-state index in [0.29, 0.717) is 41.7 Å². The van der Waals surface area contributed by atoms with Crippen LogP contribution in [0.1, 0.15) is 31.1 Å². The molecular formula is C22H30N2O4. The van der Waals surface area contributed by atoms with Crippen molar-refractivity contribution in [3.8, 4) is 17.2 Å². The Morgan fingerprint density at radius 2 is 1.71 bits per heavy atom. The van der Waals surface area contributed by atoms with Gasteiger partial charge in [0, 0.05) is 18.3 Å². The standard InChI is InChI=1S/C22H30N2O4/c1-5-24(6-2)14-15-28-21-16-17(12-13-20(21)26-4)23-22(25)18-10-8-9-11-19(18)27-7-3/h8-13,16H,5-7,14-15H2,1-4H3,(H,23,25). The second-order valence-corrected chi connectivity index (χ2v) is 6.12. The van der Waals surface area contributed by atoms with Gasteiger partial charge >= 0.3 is 0 Å². The molecule has 1 amide bonds. The van der Waals surface area contributed by atoms with Crippen molar-refractivity contribution < 1.29 is 19.0 Å². The van der Waals surface area contributed by atoms with Gasteiger partial charge in [-0.3, -0.25) is 4.79 Å². The van der Waals surface area contributed by atoms with Gasteiger partial charge in [0.15, 0.2) is 11.5 Å². The van der Waals surface area contributed by atoms with E-state index >= 15 is 0 Å². The lowest BCUT2D eigenvalue weighted by Crippen LogP contribution is -2.28. The number of carbonyl (C=O) groups excluding carboxylic acids is 1. The Hall–Kier alpha value is -2.73. The van der Waals surface area contributed by atoms with Gasteiger partial charge in [0.2, 0.25) is 0 Å². The van der Waals surface area contributed by atoms with Crippen LogP contribution in [0.2, 0.25) is 0 Å². The Morgan fingerprint density at radius 3 is 2.39 bits per heavy atom. The van der Waals surface area contributed by atoms with Crippen LogP contribution in [0.3, 0.4) is 0 Å². The van der Waals surface area contributed by atoms with Gasteiger partial charge in [-0.2, -0.15) is 0 Å². The molecule has 0 unspecified atom stereocenters. The highest BCUT2D eigenvalue weighted by atomic mass is 16.5. The average Bonchev–Trinajstić information content (AvgIpc) is 2.72. The van der Waals surface area contributed by atoms with Gasteiger partial charge in [0.1, 0.15) is 12.4 Å². The number of rotatable bonds is 11. The molecule has 0 fully saturated rings. The van der Waals surface area contributed by atoms with Crippen molar-refractivity contribution in [1.82, 2.24) is 4.90 Å². The van der Waals surface area contributed by atoms with Crippen LogP contribution in [-0.2, 0) is 0 Å². The first-order valence-corrected chi connectivity index (χ1v) is 9.69. The lowest BCUT2D eigenvalue weighted by molar-refractivity contribution is 0.102. The number of amides is 1. The van der Waals surface area contributed by atoms with Crippen molar-refractivity contribution in [2.75, 3.05) is 45.3 Å². The monoisotopic (exact) mass is 386 g/mol. The highest BCUT2D eigenvalue weighted by molar-refractivity contribution is 6.06. The molecule has 2 aromatic carbocycles. The van der Waals surface area contributed by atoms with Gasteiger partial charge in [-0.25, -0.2) is 0 Å². The van der Waals surface area contributed by atoms with Gasteiger partial charge in [-0.1, -0.05) is 26.0 Å². The third-order valence-electron chi connectivity index (χ3n) is 4.41. The zero-order chi connectivity index (χ0) is 20.4. The smallest absolute Gasteiger partial charge is 0.259 e. The maximum absolute atomic E-state index is 12.7. The molecule has 0 bridgehead atoms. The van der Waals surface area contributed by atoms with E-state index in [1.54, 1.807) is 37.4 Å². The quantitative estimate of drug-likeness (QED) is 0.631. The summed E-state index contributed by atoms with van der Waals surface area (Å²) in [6, 6.07) is 12.5. The van der Waals surface area contributed by atoms with Gasteiger partial charge in [-0.15, -0.1) is 0 Å². The summed E-state index contributed by atoms with van der Waals surface area (Å²) >= 11 is 0. The number of anilines is 1. The first-order chi connectivity index (χ1) is 13.6. The molecule has 6 heteroatoms. The number of hydrogen-bond acceptors (Lipinski definition) is 5. The van der Waals surface area contributed by atoms with E-state index in [-0.39, 0.29) is 5.91 Å². The fraction of sp³-hybridized carbons (Fsp3) is 0.409. The number of ether oxygens (including phenoxy) is 3. The van der Waals surface area contributed by atoms with Gasteiger partial charge < -0.3 is 24.4 Å². The lowest BCUT2D eigenvalue weighted by Gasteiger charge is -2.19. The van der Waals surface area contributed by atoms with E-state index < -0.39 is 0 Å². The molecule has 2 aromatic rings. The molecule has 0 aromatic heterocycles. The molecule has 28 heavy (non-hydrogen) atoms. The molecule has 0 radical (unpaired) electrons. The zero-order valence-corrected chi connectivity index (χ0v) is 17.2. The average molecular weight is 386 g/mol. The third kappa shape index (κ3) is 5.89. The number of likely N-dealkylation sites (N-methyl/N-ethyl adjacent to an activating group) is 1. The highest BCUT2D eigenvalue weighted by Crippen LogP contribution is 2.31. The number of carbonyl (C=O) groups is 1. The fourth-order valence-electron chi connectivity index (χ4n) is 2.83. The fourth-order valence-corrected chi connectivity index (χ4v) is 2.83. The molecule has 0 spiro atoms. The molecule has 6 nitrogen and oxygen atoms in total. The number of para-hydroxylation sites is 1. The number of nitrogens with one attached hydrogen (secondary N) is 1. The molecular weight excluding hydrogens is 356 g/mol. The molecule has 0 saturated carbocycles. The first-order valence-electron chi connectivity index (χ1n) is 9.69. The minimum atomic E-state index is -0.233. The van der Waals surface area contributed by atoms with Crippen molar-refractivity contribution in [3.05, 3.63) is 48.0 Å². The van der Waals surface area contributed by atoms with E-state index in [4.69, 9.17) is 14.2 Å². The van der Waals surface area contributed by atoms with Crippen molar-refractivity contribution >= 4 is 11.6 Å².